The highest BCUT2D eigenvalue weighted by atomic mass is 32.2. The Bertz CT molecular complexity index is 1450. The topological polar surface area (TPSA) is 142 Å². The molecule has 0 aliphatic carbocycles. The number of anilines is 1. The van der Waals surface area contributed by atoms with Gasteiger partial charge in [-0.2, -0.15) is 5.26 Å². The van der Waals surface area contributed by atoms with Gasteiger partial charge in [0.1, 0.15) is 16.2 Å². The number of carbonyl (C=O) groups is 2. The first-order valence-electron chi connectivity index (χ1n) is 12.3. The highest BCUT2D eigenvalue weighted by molar-refractivity contribution is 8.00. The van der Waals surface area contributed by atoms with Crippen LogP contribution < -0.4 is 9.62 Å². The fourth-order valence-electron chi connectivity index (χ4n) is 4.19. The lowest BCUT2D eigenvalue weighted by molar-refractivity contribution is -0.123. The zero-order chi connectivity index (χ0) is 27.8. The molecule has 1 aliphatic rings. The van der Waals surface area contributed by atoms with Crippen LogP contribution in [0.4, 0.5) is 5.82 Å². The maximum absolute atomic E-state index is 12.8. The predicted molar refractivity (Wildman–Crippen MR) is 149 cm³/mol. The first-order chi connectivity index (χ1) is 18.8. The maximum atomic E-state index is 12.8. The van der Waals surface area contributed by atoms with Crippen LogP contribution in [0, 0.1) is 17.2 Å². The highest BCUT2D eigenvalue weighted by Gasteiger charge is 2.30. The number of pyridine rings is 1. The van der Waals surface area contributed by atoms with Crippen LogP contribution in [0.1, 0.15) is 46.9 Å². The molecule has 3 aromatic rings. The Kier molecular flexibility index (Phi) is 9.55. The number of nitrogens with zero attached hydrogens (tertiary/aromatic N) is 4. The summed E-state index contributed by atoms with van der Waals surface area (Å²) in [6.45, 7) is 2.70. The van der Waals surface area contributed by atoms with E-state index >= 15 is 0 Å². The summed E-state index contributed by atoms with van der Waals surface area (Å²) in [5.74, 6) is -1.06. The lowest BCUT2D eigenvalue weighted by Crippen LogP contribution is -2.43. The van der Waals surface area contributed by atoms with Crippen molar-refractivity contribution in [3.05, 3.63) is 70.4 Å². The van der Waals surface area contributed by atoms with Gasteiger partial charge in [-0.05, 0) is 31.4 Å². The molecular weight excluding hydrogens is 559 g/mol. The van der Waals surface area contributed by atoms with Crippen molar-refractivity contribution in [3.63, 3.8) is 0 Å². The van der Waals surface area contributed by atoms with E-state index in [1.165, 1.54) is 29.2 Å². The fourth-order valence-corrected chi connectivity index (χ4v) is 6.96. The molecule has 3 heterocycles. The molecule has 1 saturated heterocycles. The number of hydrogen-bond acceptors (Lipinski definition) is 11. The number of esters is 1. The number of rotatable bonds is 10. The molecular formula is C26H27N5O5S3. The van der Waals surface area contributed by atoms with E-state index in [0.717, 1.165) is 4.34 Å². The molecule has 39 heavy (non-hydrogen) atoms. The van der Waals surface area contributed by atoms with Crippen molar-refractivity contribution in [3.8, 4) is 6.07 Å². The molecule has 1 aromatic carbocycles. The molecule has 0 saturated carbocycles. The molecule has 1 fully saturated rings. The van der Waals surface area contributed by atoms with E-state index < -0.39 is 27.8 Å². The van der Waals surface area contributed by atoms with Crippen LogP contribution in [-0.2, 0) is 31.1 Å². The van der Waals surface area contributed by atoms with Crippen LogP contribution in [0.3, 0.4) is 0 Å². The lowest BCUT2D eigenvalue weighted by atomic mass is 9.96. The fraction of sp³-hybridized carbons (Fsp3) is 0.346. The Morgan fingerprint density at radius 3 is 2.64 bits per heavy atom. The van der Waals surface area contributed by atoms with E-state index in [-0.39, 0.29) is 23.5 Å². The normalized spacial score (nSPS) is 14.0. The number of carbonyl (C=O) groups excluding carboxylic acids is 2. The summed E-state index contributed by atoms with van der Waals surface area (Å²) in [6, 6.07) is 12.3. The van der Waals surface area contributed by atoms with Crippen molar-refractivity contribution >= 4 is 50.8 Å². The van der Waals surface area contributed by atoms with Crippen molar-refractivity contribution < 1.29 is 22.7 Å². The van der Waals surface area contributed by atoms with E-state index in [9.17, 15) is 23.3 Å². The summed E-state index contributed by atoms with van der Waals surface area (Å²) in [7, 11) is -3.83. The third-order valence-corrected chi connectivity index (χ3v) is 9.26. The van der Waals surface area contributed by atoms with E-state index in [4.69, 9.17) is 9.72 Å². The average molecular weight is 586 g/mol. The monoisotopic (exact) mass is 585 g/mol. The molecule has 0 radical (unpaired) electrons. The molecule has 0 bridgehead atoms. The minimum Gasteiger partial charge on any atom is -0.462 e. The third kappa shape index (κ3) is 7.56. The van der Waals surface area contributed by atoms with Crippen LogP contribution in [-0.4, -0.2) is 50.0 Å². The number of thiazole rings is 1. The summed E-state index contributed by atoms with van der Waals surface area (Å²) in [6.07, 6.45) is 2.48. The summed E-state index contributed by atoms with van der Waals surface area (Å²) in [4.78, 5) is 36.3. The summed E-state index contributed by atoms with van der Waals surface area (Å²) >= 11 is 2.91. The predicted octanol–water partition coefficient (Wildman–Crippen LogP) is 3.74. The van der Waals surface area contributed by atoms with Crippen molar-refractivity contribution in [1.29, 1.82) is 5.26 Å². The van der Waals surface area contributed by atoms with Crippen LogP contribution in [0.2, 0.25) is 0 Å². The number of sulfonamides is 1. The number of amides is 1. The van der Waals surface area contributed by atoms with Gasteiger partial charge in [0.15, 0.2) is 0 Å². The molecule has 1 N–H and O–H groups in total. The first-order valence-corrected chi connectivity index (χ1v) is 15.8. The second-order valence-corrected chi connectivity index (χ2v) is 12.6. The van der Waals surface area contributed by atoms with Gasteiger partial charge in [0, 0.05) is 36.3 Å². The minimum atomic E-state index is -3.83. The van der Waals surface area contributed by atoms with Crippen molar-refractivity contribution in [2.45, 2.75) is 35.6 Å². The number of nitriles is 1. The number of thioether (sulfide) groups is 1. The van der Waals surface area contributed by atoms with Gasteiger partial charge in [-0.15, -0.1) is 11.3 Å². The van der Waals surface area contributed by atoms with Gasteiger partial charge >= 0.3 is 5.97 Å². The lowest BCUT2D eigenvalue weighted by Gasteiger charge is -2.33. The Labute approximate surface area is 235 Å². The van der Waals surface area contributed by atoms with E-state index in [2.05, 4.69) is 15.8 Å². The molecule has 10 nitrogen and oxygen atoms in total. The summed E-state index contributed by atoms with van der Waals surface area (Å²) in [5, 5.41) is 11.7. The van der Waals surface area contributed by atoms with Gasteiger partial charge in [-0.1, -0.05) is 42.1 Å². The zero-order valence-corrected chi connectivity index (χ0v) is 23.7. The molecule has 2 aromatic heterocycles. The molecule has 0 unspecified atom stereocenters. The number of aromatic nitrogens is 2. The average Bonchev–Trinajstić information content (AvgIpc) is 3.45. The summed E-state index contributed by atoms with van der Waals surface area (Å²) < 4.78 is 33.2. The Morgan fingerprint density at radius 2 is 2.00 bits per heavy atom. The molecule has 204 valence electrons. The van der Waals surface area contributed by atoms with Crippen LogP contribution >= 0.6 is 23.1 Å². The highest BCUT2D eigenvalue weighted by Crippen LogP contribution is 2.31. The van der Waals surface area contributed by atoms with Crippen molar-refractivity contribution in [2.75, 3.05) is 24.6 Å². The van der Waals surface area contributed by atoms with Crippen molar-refractivity contribution in [2.24, 2.45) is 5.92 Å². The Morgan fingerprint density at radius 1 is 1.26 bits per heavy atom. The van der Waals surface area contributed by atoms with Crippen LogP contribution in [0.15, 0.2) is 52.3 Å². The van der Waals surface area contributed by atoms with Crippen molar-refractivity contribution in [1.82, 2.24) is 14.7 Å². The zero-order valence-electron chi connectivity index (χ0n) is 21.2. The van der Waals surface area contributed by atoms with Gasteiger partial charge in [-0.25, -0.2) is 23.2 Å². The summed E-state index contributed by atoms with van der Waals surface area (Å²) in [5.41, 5.74) is 1.54. The standard InChI is InChI=1S/C26H27N5O5S3/c1-2-36-25(33)21-14-20(15-27)23(29-22(21)16-38-26-28-10-13-37-26)31-11-8-19(9-12-31)24(32)30-39(34,35)17-18-6-4-3-5-7-18/h3-7,10,13-14,19H,2,8-9,11-12,16-17H2,1H3,(H,30,32). The van der Waals surface area contributed by atoms with Gasteiger partial charge in [0.05, 0.1) is 29.2 Å². The van der Waals surface area contributed by atoms with E-state index in [0.29, 0.717) is 48.8 Å². The molecule has 13 heteroatoms. The number of ether oxygens (including phenoxy) is 1. The Balaban J connectivity index is 1.46. The van der Waals surface area contributed by atoms with Crippen LogP contribution in [0.25, 0.3) is 0 Å². The third-order valence-electron chi connectivity index (χ3n) is 6.06. The number of hydrogen-bond donors (Lipinski definition) is 1. The second-order valence-electron chi connectivity index (χ2n) is 8.75. The molecule has 4 rings (SSSR count). The first kappa shape index (κ1) is 28.5. The maximum Gasteiger partial charge on any atom is 0.340 e. The van der Waals surface area contributed by atoms with Gasteiger partial charge in [0.2, 0.25) is 15.9 Å². The molecule has 1 aliphatic heterocycles. The SMILES string of the molecule is CCOC(=O)c1cc(C#N)c(N2CCC(C(=O)NS(=O)(=O)Cc3ccccc3)CC2)nc1CSc1nccs1. The van der Waals surface area contributed by atoms with E-state index in [1.807, 2.05) is 10.3 Å². The number of benzene rings is 1. The second kappa shape index (κ2) is 13.1. The Hall–Kier alpha value is -3.47. The van der Waals surface area contributed by atoms with Gasteiger partial charge in [0.25, 0.3) is 0 Å². The smallest absolute Gasteiger partial charge is 0.340 e. The molecule has 1 amide bonds. The van der Waals surface area contributed by atoms with Gasteiger partial charge in [-0.3, -0.25) is 9.52 Å². The quantitative estimate of drug-likeness (QED) is 0.276. The minimum absolute atomic E-state index is 0.193. The van der Waals surface area contributed by atoms with Gasteiger partial charge < -0.3 is 9.64 Å². The number of piperidine rings is 1. The molecule has 0 atom stereocenters. The van der Waals surface area contributed by atoms with Crippen LogP contribution in [0.5, 0.6) is 0 Å². The number of nitrogens with one attached hydrogen (secondary N) is 1. The molecule has 0 spiro atoms. The van der Waals surface area contributed by atoms with E-state index in [1.54, 1.807) is 43.5 Å². The largest absolute Gasteiger partial charge is 0.462 e.